The summed E-state index contributed by atoms with van der Waals surface area (Å²) in [5, 5.41) is 3.71. The third-order valence-corrected chi connectivity index (χ3v) is 1.05. The van der Waals surface area contributed by atoms with Gasteiger partial charge in [0.15, 0.2) is 0 Å². The van der Waals surface area contributed by atoms with E-state index < -0.39 is 0 Å². The van der Waals surface area contributed by atoms with Gasteiger partial charge >= 0.3 is 0 Å². The van der Waals surface area contributed by atoms with Crippen molar-refractivity contribution in [2.24, 2.45) is 0 Å². The highest BCUT2D eigenvalue weighted by atomic mass is 79.9. The lowest BCUT2D eigenvalue weighted by Crippen LogP contribution is -1.62. The van der Waals surface area contributed by atoms with E-state index in [1.54, 1.807) is 0 Å². The first-order chi connectivity index (χ1) is 3.91. The molecule has 0 aliphatic heterocycles. The van der Waals surface area contributed by atoms with Gasteiger partial charge in [0.05, 0.1) is 0 Å². The number of thioether (sulfide) groups is 1. The van der Waals surface area contributed by atoms with Crippen molar-refractivity contribution in [2.45, 2.75) is 6.42 Å². The van der Waals surface area contributed by atoms with Crippen LogP contribution in [0, 0.1) is 11.2 Å². The fourth-order valence-electron chi connectivity index (χ4n) is 0.149. The van der Waals surface area contributed by atoms with E-state index in [9.17, 15) is 0 Å². The Morgan fingerprint density at radius 2 is 2.86 bits per heavy atom. The van der Waals surface area contributed by atoms with Gasteiger partial charge in [-0.05, 0) is 11.5 Å². The third kappa shape index (κ3) is 6.39. The van der Waals surface area contributed by atoms with Crippen molar-refractivity contribution in [3.63, 3.8) is 0 Å². The minimum absolute atomic E-state index is 0.343. The SMILES string of the molecule is [3H]CSC#CCCBr. The van der Waals surface area contributed by atoms with Crippen LogP contribution in [0.3, 0.4) is 0 Å². The molecule has 0 rings (SSSR count). The Hall–Kier alpha value is 0.390. The van der Waals surface area contributed by atoms with E-state index >= 15 is 0 Å². The molecule has 0 aromatic carbocycles. The molecule has 0 bridgehead atoms. The van der Waals surface area contributed by atoms with Gasteiger partial charge < -0.3 is 0 Å². The summed E-state index contributed by atoms with van der Waals surface area (Å²) in [7, 11) is 0. The summed E-state index contributed by atoms with van der Waals surface area (Å²) in [5.41, 5.74) is 0. The van der Waals surface area contributed by atoms with Gasteiger partial charge in [-0.2, -0.15) is 0 Å². The molecule has 40 valence electrons. The summed E-state index contributed by atoms with van der Waals surface area (Å²) in [6.07, 6.45) is 1.22. The van der Waals surface area contributed by atoms with Crippen LogP contribution in [0.15, 0.2) is 0 Å². The molecule has 0 aromatic heterocycles. The Balaban J connectivity index is 2.95. The molecule has 0 fully saturated rings. The molecule has 0 unspecified atom stereocenters. The van der Waals surface area contributed by atoms with Crippen LogP contribution >= 0.6 is 27.7 Å². The molecule has 7 heavy (non-hydrogen) atoms. The zero-order chi connectivity index (χ0) is 6.24. The predicted octanol–water partition coefficient (Wildman–Crippen LogP) is 2.10. The number of hydrogen-bond acceptors (Lipinski definition) is 1. The zero-order valence-corrected chi connectivity index (χ0v) is 6.31. The number of alkyl halides is 1. The van der Waals surface area contributed by atoms with E-state index in [4.69, 9.17) is 1.37 Å². The van der Waals surface area contributed by atoms with Crippen molar-refractivity contribution in [2.75, 3.05) is 11.6 Å². The average Bonchev–Trinajstić information content (AvgIpc) is 1.81. The highest BCUT2D eigenvalue weighted by molar-refractivity contribution is 9.09. The second-order valence-electron chi connectivity index (χ2n) is 0.862. The monoisotopic (exact) mass is 180 g/mol. The molecule has 0 aliphatic carbocycles. The van der Waals surface area contributed by atoms with Crippen LogP contribution in [0.2, 0.25) is 0 Å². The molecule has 0 aromatic rings. The third-order valence-electron chi connectivity index (χ3n) is 0.364. The van der Waals surface area contributed by atoms with Crippen molar-refractivity contribution in [1.29, 1.82) is 0 Å². The lowest BCUT2D eigenvalue weighted by Gasteiger charge is -1.72. The summed E-state index contributed by atoms with van der Waals surface area (Å²) < 4.78 is 6.69. The molecule has 0 amide bonds. The fraction of sp³-hybridized carbons (Fsp3) is 0.600. The second kappa shape index (κ2) is 6.39. The zero-order valence-electron chi connectivity index (χ0n) is 4.91. The lowest BCUT2D eigenvalue weighted by molar-refractivity contribution is 1.32. The minimum atomic E-state index is 0.343. The number of halogens is 1. The normalized spacial score (nSPS) is 9.00. The van der Waals surface area contributed by atoms with Gasteiger partial charge in [-0.25, -0.2) is 0 Å². The van der Waals surface area contributed by atoms with E-state index in [0.29, 0.717) is 6.23 Å². The topological polar surface area (TPSA) is 0 Å². The maximum atomic E-state index is 6.69. The van der Waals surface area contributed by atoms with Crippen LogP contribution < -0.4 is 0 Å². The largest absolute Gasteiger partial charge is 0.0918 e. The Morgan fingerprint density at radius 3 is 3.43 bits per heavy atom. The summed E-state index contributed by atoms with van der Waals surface area (Å²) in [6.45, 7) is 0. The highest BCUT2D eigenvalue weighted by Crippen LogP contribution is 1.87. The predicted molar refractivity (Wildman–Crippen MR) is 39.7 cm³/mol. The first kappa shape index (κ1) is 5.53. The first-order valence-electron chi connectivity index (χ1n) is 2.57. The van der Waals surface area contributed by atoms with Crippen LogP contribution in [0.5, 0.6) is 0 Å². The quantitative estimate of drug-likeness (QED) is 0.441. The Bertz CT molecular complexity index is 84.3. The molecule has 0 nitrogen and oxygen atoms in total. The van der Waals surface area contributed by atoms with Gasteiger partial charge in [-0.3, -0.25) is 0 Å². The molecule has 0 heterocycles. The van der Waals surface area contributed by atoms with Crippen molar-refractivity contribution < 1.29 is 1.37 Å². The second-order valence-corrected chi connectivity index (χ2v) is 2.15. The average molecular weight is 181 g/mol. The van der Waals surface area contributed by atoms with Crippen molar-refractivity contribution in [3.8, 4) is 11.2 Å². The van der Waals surface area contributed by atoms with Gasteiger partial charge in [-0.1, -0.05) is 33.6 Å². The van der Waals surface area contributed by atoms with Crippen LogP contribution in [-0.2, 0) is 0 Å². The smallest absolute Gasteiger partial charge is 0.0354 e. The fourth-order valence-corrected chi connectivity index (χ4v) is 0.552. The lowest BCUT2D eigenvalue weighted by atomic mass is 10.5. The number of rotatable bonds is 1. The van der Waals surface area contributed by atoms with Gasteiger partial charge in [0.25, 0.3) is 0 Å². The minimum Gasteiger partial charge on any atom is -0.0918 e. The summed E-state index contributed by atoms with van der Waals surface area (Å²) in [6, 6.07) is 0. The van der Waals surface area contributed by atoms with Crippen LogP contribution in [-0.4, -0.2) is 11.6 Å². The summed E-state index contributed by atoms with van der Waals surface area (Å²) in [4.78, 5) is 0. The first-order valence-corrected chi connectivity index (χ1v) is 3.97. The Morgan fingerprint density at radius 1 is 2.00 bits per heavy atom. The molecular formula is C5H7BrS. The Labute approximate surface area is 58.6 Å². The van der Waals surface area contributed by atoms with Gasteiger partial charge in [-0.15, -0.1) is 0 Å². The van der Waals surface area contributed by atoms with E-state index in [-0.39, 0.29) is 0 Å². The van der Waals surface area contributed by atoms with E-state index in [0.717, 1.165) is 11.8 Å². The summed E-state index contributed by atoms with van der Waals surface area (Å²) >= 11 is 4.58. The maximum Gasteiger partial charge on any atom is 0.0354 e. The van der Waals surface area contributed by atoms with E-state index in [1.807, 2.05) is 0 Å². The molecular weight excluding hydrogens is 172 g/mol. The van der Waals surface area contributed by atoms with Crippen LogP contribution in [0.25, 0.3) is 0 Å². The maximum absolute atomic E-state index is 6.69. The molecule has 0 saturated carbocycles. The molecule has 0 N–H and O–H groups in total. The molecule has 2 heteroatoms. The van der Waals surface area contributed by atoms with Gasteiger partial charge in [0.2, 0.25) is 0 Å². The molecule has 0 atom stereocenters. The Kier molecular flexibility index (Phi) is 5.04. The molecule has 0 spiro atoms. The van der Waals surface area contributed by atoms with Crippen LogP contribution in [0.1, 0.15) is 7.79 Å². The highest BCUT2D eigenvalue weighted by Gasteiger charge is 1.67. The molecule has 0 aliphatic rings. The number of hydrogen-bond donors (Lipinski definition) is 0. The molecule has 0 saturated heterocycles. The van der Waals surface area contributed by atoms with Crippen molar-refractivity contribution in [3.05, 3.63) is 0 Å². The van der Waals surface area contributed by atoms with Crippen molar-refractivity contribution >= 4 is 27.7 Å². The standard InChI is InChI=1S/C5H7BrS/c1-7-5-3-2-4-6/h2,4H2,1H3/i1T. The van der Waals surface area contributed by atoms with Crippen molar-refractivity contribution in [1.82, 2.24) is 0 Å². The van der Waals surface area contributed by atoms with Crippen LogP contribution in [0.4, 0.5) is 0 Å². The van der Waals surface area contributed by atoms with Gasteiger partial charge in [0.1, 0.15) is 0 Å². The molecule has 0 radical (unpaired) electrons. The van der Waals surface area contributed by atoms with E-state index in [1.165, 1.54) is 11.8 Å². The van der Waals surface area contributed by atoms with Gasteiger partial charge in [0, 0.05) is 13.1 Å². The van der Waals surface area contributed by atoms with E-state index in [2.05, 4.69) is 27.1 Å². The summed E-state index contributed by atoms with van der Waals surface area (Å²) in [5.74, 6) is 2.88.